The number of nitrogens with zero attached hydrogens (tertiary/aromatic N) is 2. The quantitative estimate of drug-likeness (QED) is 0.463. The largest absolute Gasteiger partial charge is 0.481 e. The molecule has 1 rings (SSSR count). The number of nitriles is 1. The van der Waals surface area contributed by atoms with Crippen molar-refractivity contribution in [2.75, 3.05) is 7.11 Å². The highest BCUT2D eigenvalue weighted by Crippen LogP contribution is 2.05. The number of rotatable bonds is 3. The maximum atomic E-state index is 8.68. The van der Waals surface area contributed by atoms with Crippen LogP contribution in [0, 0.1) is 11.3 Å². The second kappa shape index (κ2) is 5.04. The molecule has 5 heteroatoms. The molecule has 0 unspecified atom stereocenters. The maximum absolute atomic E-state index is 8.68. The van der Waals surface area contributed by atoms with Gasteiger partial charge < -0.3 is 10.5 Å². The van der Waals surface area contributed by atoms with E-state index in [9.17, 15) is 0 Å². The molecule has 1 aromatic rings. The predicted molar refractivity (Wildman–Crippen MR) is 55.7 cm³/mol. The van der Waals surface area contributed by atoms with Gasteiger partial charge in [-0.1, -0.05) is 0 Å². The van der Waals surface area contributed by atoms with Crippen LogP contribution in [-0.2, 0) is 4.74 Å². The standard InChI is InChI=1S/C9H9N3OS/c1-13-9(11)8(4-10)12-5-7-2-3-14-6-7/h2-3,5-6H,11H2,1H3/b9-8-,12-5?. The minimum absolute atomic E-state index is 0.0268. The van der Waals surface area contributed by atoms with Crippen molar-refractivity contribution in [3.8, 4) is 6.07 Å². The normalized spacial score (nSPS) is 12.3. The van der Waals surface area contributed by atoms with Crippen LogP contribution in [0.2, 0.25) is 0 Å². The lowest BCUT2D eigenvalue weighted by molar-refractivity contribution is 0.284. The Bertz CT molecular complexity index is 387. The van der Waals surface area contributed by atoms with Gasteiger partial charge in [0.1, 0.15) is 6.07 Å². The van der Waals surface area contributed by atoms with E-state index in [4.69, 9.17) is 15.7 Å². The molecule has 0 aliphatic heterocycles. The molecule has 0 radical (unpaired) electrons. The number of thiophene rings is 1. The SMILES string of the molecule is CO/C(N)=C(/C#N)N=Cc1ccsc1. The van der Waals surface area contributed by atoms with Gasteiger partial charge in [0.15, 0.2) is 5.70 Å². The van der Waals surface area contributed by atoms with Crippen molar-refractivity contribution >= 4 is 17.6 Å². The Morgan fingerprint density at radius 2 is 2.57 bits per heavy atom. The molecule has 2 N–H and O–H groups in total. The van der Waals surface area contributed by atoms with E-state index >= 15 is 0 Å². The Balaban J connectivity index is 2.82. The summed E-state index contributed by atoms with van der Waals surface area (Å²) in [4.78, 5) is 3.91. The molecule has 0 bridgehead atoms. The molecule has 72 valence electrons. The number of aliphatic imine (C=N–C) groups is 1. The first-order chi connectivity index (χ1) is 6.77. The van der Waals surface area contributed by atoms with Gasteiger partial charge in [-0.2, -0.15) is 16.6 Å². The average Bonchev–Trinajstić information content (AvgIpc) is 2.71. The van der Waals surface area contributed by atoms with Crippen LogP contribution >= 0.6 is 11.3 Å². The molecule has 0 saturated heterocycles. The van der Waals surface area contributed by atoms with Crippen LogP contribution in [0.5, 0.6) is 0 Å². The van der Waals surface area contributed by atoms with E-state index in [1.807, 2.05) is 22.9 Å². The lowest BCUT2D eigenvalue weighted by Crippen LogP contribution is -2.02. The van der Waals surface area contributed by atoms with Gasteiger partial charge in [-0.05, 0) is 16.8 Å². The van der Waals surface area contributed by atoms with Crippen LogP contribution in [0.1, 0.15) is 5.56 Å². The third-order valence-electron chi connectivity index (χ3n) is 1.45. The minimum Gasteiger partial charge on any atom is -0.481 e. The molecule has 1 heterocycles. The number of nitrogens with two attached hydrogens (primary N) is 1. The molecule has 0 aliphatic carbocycles. The Labute approximate surface area is 85.9 Å². The molecule has 0 fully saturated rings. The van der Waals surface area contributed by atoms with E-state index < -0.39 is 0 Å². The van der Waals surface area contributed by atoms with Crippen LogP contribution in [0.3, 0.4) is 0 Å². The van der Waals surface area contributed by atoms with E-state index in [1.54, 1.807) is 17.6 Å². The Morgan fingerprint density at radius 3 is 3.07 bits per heavy atom. The second-order valence-corrected chi connectivity index (χ2v) is 3.12. The fraction of sp³-hybridized carbons (Fsp3) is 0.111. The highest BCUT2D eigenvalue weighted by molar-refractivity contribution is 7.08. The summed E-state index contributed by atoms with van der Waals surface area (Å²) in [5.41, 5.74) is 6.41. The van der Waals surface area contributed by atoms with Crippen LogP contribution in [0.15, 0.2) is 33.4 Å². The van der Waals surface area contributed by atoms with Crippen molar-refractivity contribution < 1.29 is 4.74 Å². The topological polar surface area (TPSA) is 71.4 Å². The first-order valence-corrected chi connectivity index (χ1v) is 4.72. The predicted octanol–water partition coefficient (Wildman–Crippen LogP) is 1.46. The zero-order valence-electron chi connectivity index (χ0n) is 7.60. The zero-order valence-corrected chi connectivity index (χ0v) is 8.41. The van der Waals surface area contributed by atoms with Crippen molar-refractivity contribution in [1.82, 2.24) is 0 Å². The number of hydrogen-bond donors (Lipinski definition) is 1. The van der Waals surface area contributed by atoms with Gasteiger partial charge in [-0.3, -0.25) is 0 Å². The molecule has 0 aliphatic rings. The monoisotopic (exact) mass is 207 g/mol. The van der Waals surface area contributed by atoms with Crippen LogP contribution < -0.4 is 5.73 Å². The summed E-state index contributed by atoms with van der Waals surface area (Å²) >= 11 is 1.56. The van der Waals surface area contributed by atoms with Crippen molar-refractivity contribution in [3.63, 3.8) is 0 Å². The molecular weight excluding hydrogens is 198 g/mol. The van der Waals surface area contributed by atoms with Gasteiger partial charge in [0, 0.05) is 11.8 Å². The Hall–Kier alpha value is -1.80. The molecule has 1 aromatic heterocycles. The molecular formula is C9H9N3OS. The van der Waals surface area contributed by atoms with E-state index in [-0.39, 0.29) is 11.6 Å². The summed E-state index contributed by atoms with van der Waals surface area (Å²) in [6, 6.07) is 3.75. The van der Waals surface area contributed by atoms with Gasteiger partial charge in [-0.15, -0.1) is 0 Å². The molecule has 0 aromatic carbocycles. The summed E-state index contributed by atoms with van der Waals surface area (Å²) in [7, 11) is 1.40. The fourth-order valence-corrected chi connectivity index (χ4v) is 1.34. The maximum Gasteiger partial charge on any atom is 0.221 e. The second-order valence-electron chi connectivity index (χ2n) is 2.34. The molecule has 4 nitrogen and oxygen atoms in total. The van der Waals surface area contributed by atoms with Crippen molar-refractivity contribution in [2.45, 2.75) is 0 Å². The molecule has 0 saturated carbocycles. The Morgan fingerprint density at radius 1 is 1.79 bits per heavy atom. The lowest BCUT2D eigenvalue weighted by atomic mass is 10.4. The van der Waals surface area contributed by atoms with Gasteiger partial charge in [0.05, 0.1) is 7.11 Å². The zero-order chi connectivity index (χ0) is 10.4. The molecule has 0 amide bonds. The van der Waals surface area contributed by atoms with Gasteiger partial charge in [-0.25, -0.2) is 4.99 Å². The number of allylic oxidation sites excluding steroid dienone is 1. The lowest BCUT2D eigenvalue weighted by Gasteiger charge is -1.97. The van der Waals surface area contributed by atoms with E-state index in [0.29, 0.717) is 0 Å². The highest BCUT2D eigenvalue weighted by Gasteiger charge is 1.99. The Kier molecular flexibility index (Phi) is 3.70. The molecule has 0 spiro atoms. The first-order valence-electron chi connectivity index (χ1n) is 3.78. The summed E-state index contributed by atoms with van der Waals surface area (Å²) < 4.78 is 4.70. The summed E-state index contributed by atoms with van der Waals surface area (Å²) in [6.45, 7) is 0. The van der Waals surface area contributed by atoms with Crippen molar-refractivity contribution in [2.24, 2.45) is 10.7 Å². The fourth-order valence-electron chi connectivity index (χ4n) is 0.732. The molecule has 14 heavy (non-hydrogen) atoms. The average molecular weight is 207 g/mol. The van der Waals surface area contributed by atoms with E-state index in [2.05, 4.69) is 4.99 Å². The van der Waals surface area contributed by atoms with Crippen LogP contribution in [0.25, 0.3) is 0 Å². The first kappa shape index (κ1) is 10.3. The smallest absolute Gasteiger partial charge is 0.221 e. The van der Waals surface area contributed by atoms with E-state index in [0.717, 1.165) is 5.56 Å². The number of hydrogen-bond acceptors (Lipinski definition) is 5. The van der Waals surface area contributed by atoms with Crippen LogP contribution in [-0.4, -0.2) is 13.3 Å². The molecule has 0 atom stereocenters. The summed E-state index contributed by atoms with van der Waals surface area (Å²) in [5.74, 6) is 0.0268. The van der Waals surface area contributed by atoms with Gasteiger partial charge >= 0.3 is 0 Å². The van der Waals surface area contributed by atoms with Crippen molar-refractivity contribution in [3.05, 3.63) is 34.0 Å². The number of methoxy groups -OCH3 is 1. The van der Waals surface area contributed by atoms with Crippen LogP contribution in [0.4, 0.5) is 0 Å². The van der Waals surface area contributed by atoms with Gasteiger partial charge in [0.2, 0.25) is 5.88 Å². The van der Waals surface area contributed by atoms with Crippen molar-refractivity contribution in [1.29, 1.82) is 5.26 Å². The third kappa shape index (κ3) is 2.61. The summed E-state index contributed by atoms with van der Waals surface area (Å²) in [5, 5.41) is 12.5. The highest BCUT2D eigenvalue weighted by atomic mass is 32.1. The number of ether oxygens (including phenoxy) is 1. The van der Waals surface area contributed by atoms with E-state index in [1.165, 1.54) is 7.11 Å². The summed E-state index contributed by atoms with van der Waals surface area (Å²) in [6.07, 6.45) is 1.57. The minimum atomic E-state index is 0.0268. The van der Waals surface area contributed by atoms with Gasteiger partial charge in [0.25, 0.3) is 0 Å². The third-order valence-corrected chi connectivity index (χ3v) is 2.15.